The summed E-state index contributed by atoms with van der Waals surface area (Å²) in [7, 11) is 0. The van der Waals surface area contributed by atoms with Crippen molar-refractivity contribution in [2.75, 3.05) is 39.3 Å². The molecule has 1 aliphatic rings. The Kier molecular flexibility index (Phi) is 12.6. The highest BCUT2D eigenvalue weighted by molar-refractivity contribution is 14.0. The summed E-state index contributed by atoms with van der Waals surface area (Å²) < 4.78 is 43.2. The maximum atomic E-state index is 12.5. The molecule has 1 aliphatic heterocycles. The lowest BCUT2D eigenvalue weighted by molar-refractivity contribution is -0.143. The zero-order chi connectivity index (χ0) is 20.2. The fraction of sp³-hybridized carbons (Fsp3) is 0.650. The Hall–Kier alpha value is -1.07. The van der Waals surface area contributed by atoms with Crippen molar-refractivity contribution in [1.82, 2.24) is 15.5 Å². The molecule has 0 bridgehead atoms. The second-order valence-electron chi connectivity index (χ2n) is 6.99. The van der Waals surface area contributed by atoms with Crippen LogP contribution in [0.1, 0.15) is 31.7 Å². The van der Waals surface area contributed by atoms with E-state index in [2.05, 4.69) is 15.6 Å². The molecule has 2 rings (SSSR count). The first kappa shape index (κ1) is 26.0. The topological polar surface area (TPSA) is 48.9 Å². The predicted octanol–water partition coefficient (Wildman–Crippen LogP) is 3.79. The minimum atomic E-state index is -4.14. The first-order chi connectivity index (χ1) is 13.5. The molecular weight excluding hydrogens is 496 g/mol. The molecule has 9 heteroatoms. The van der Waals surface area contributed by atoms with Crippen molar-refractivity contribution >= 4 is 29.9 Å². The van der Waals surface area contributed by atoms with Crippen LogP contribution in [0.15, 0.2) is 35.3 Å². The largest absolute Gasteiger partial charge is 0.401 e. The summed E-state index contributed by atoms with van der Waals surface area (Å²) in [5, 5.41) is 6.42. The minimum Gasteiger partial charge on any atom is -0.377 e. The summed E-state index contributed by atoms with van der Waals surface area (Å²) in [5.41, 5.74) is 1.16. The highest BCUT2D eigenvalue weighted by Gasteiger charge is 2.34. The number of benzene rings is 1. The van der Waals surface area contributed by atoms with Gasteiger partial charge in [0.1, 0.15) is 0 Å². The van der Waals surface area contributed by atoms with E-state index in [4.69, 9.17) is 4.74 Å². The zero-order valence-corrected chi connectivity index (χ0v) is 19.2. The normalized spacial score (nSPS) is 17.8. The summed E-state index contributed by atoms with van der Waals surface area (Å²) >= 11 is 0. The molecule has 5 nitrogen and oxygen atoms in total. The van der Waals surface area contributed by atoms with Crippen molar-refractivity contribution in [3.63, 3.8) is 0 Å². The molecule has 166 valence electrons. The lowest BCUT2D eigenvalue weighted by atomic mass is 10.2. The number of halogens is 4. The van der Waals surface area contributed by atoms with E-state index < -0.39 is 12.7 Å². The number of hydrogen-bond donors (Lipinski definition) is 2. The molecule has 1 unspecified atom stereocenters. The molecule has 1 atom stereocenters. The number of likely N-dealkylation sites (tertiary alicyclic amines) is 1. The number of unbranched alkanes of at least 4 members (excludes halogenated alkanes) is 1. The Balaban J connectivity index is 0.00000420. The molecule has 1 aromatic rings. The number of aliphatic imine (C=N–C) groups is 1. The van der Waals surface area contributed by atoms with E-state index in [0.29, 0.717) is 51.8 Å². The van der Waals surface area contributed by atoms with Gasteiger partial charge in [-0.15, -0.1) is 24.0 Å². The van der Waals surface area contributed by atoms with Crippen LogP contribution in [0.25, 0.3) is 0 Å². The van der Waals surface area contributed by atoms with E-state index in [1.807, 2.05) is 37.3 Å². The van der Waals surface area contributed by atoms with E-state index in [1.165, 1.54) is 4.90 Å². The van der Waals surface area contributed by atoms with Crippen molar-refractivity contribution in [2.45, 2.75) is 45.0 Å². The number of guanidine groups is 1. The molecule has 0 radical (unpaired) electrons. The number of hydrogen-bond acceptors (Lipinski definition) is 3. The second kappa shape index (κ2) is 14.0. The van der Waals surface area contributed by atoms with Crippen LogP contribution >= 0.6 is 24.0 Å². The molecule has 0 aliphatic carbocycles. The Bertz CT molecular complexity index is 587. The molecule has 2 N–H and O–H groups in total. The summed E-state index contributed by atoms with van der Waals surface area (Å²) in [5.74, 6) is 0.673. The summed E-state index contributed by atoms with van der Waals surface area (Å²) in [4.78, 5) is 5.97. The van der Waals surface area contributed by atoms with E-state index in [0.717, 1.165) is 18.4 Å². The van der Waals surface area contributed by atoms with Gasteiger partial charge in [0.25, 0.3) is 0 Å². The maximum absolute atomic E-state index is 12.5. The molecule has 0 spiro atoms. The van der Waals surface area contributed by atoms with E-state index in [9.17, 15) is 13.2 Å². The van der Waals surface area contributed by atoms with Gasteiger partial charge in [-0.25, -0.2) is 0 Å². The van der Waals surface area contributed by atoms with Gasteiger partial charge in [0.2, 0.25) is 0 Å². The van der Waals surface area contributed by atoms with Crippen molar-refractivity contribution in [1.29, 1.82) is 0 Å². The summed E-state index contributed by atoms with van der Waals surface area (Å²) in [6, 6.07) is 10.0. The number of nitrogens with zero attached hydrogens (tertiary/aromatic N) is 2. The molecule has 1 fully saturated rings. The van der Waals surface area contributed by atoms with E-state index >= 15 is 0 Å². The van der Waals surface area contributed by atoms with E-state index in [-0.39, 0.29) is 30.0 Å². The van der Waals surface area contributed by atoms with Crippen molar-refractivity contribution in [2.24, 2.45) is 4.99 Å². The van der Waals surface area contributed by atoms with Gasteiger partial charge in [-0.2, -0.15) is 13.2 Å². The van der Waals surface area contributed by atoms with Gasteiger partial charge >= 0.3 is 6.18 Å². The van der Waals surface area contributed by atoms with Gasteiger partial charge in [0.05, 0.1) is 13.2 Å². The number of nitrogens with one attached hydrogen (secondary N) is 2. The lowest BCUT2D eigenvalue weighted by Crippen LogP contribution is -2.45. The average Bonchev–Trinajstić information content (AvgIpc) is 3.06. The van der Waals surface area contributed by atoms with Crippen LogP contribution in [0.2, 0.25) is 0 Å². The molecular formula is C20H32F3IN4O. The Morgan fingerprint density at radius 1 is 1.24 bits per heavy atom. The number of rotatable bonds is 10. The minimum absolute atomic E-state index is 0. The van der Waals surface area contributed by atoms with E-state index in [1.54, 1.807) is 0 Å². The molecule has 1 saturated heterocycles. The van der Waals surface area contributed by atoms with Crippen LogP contribution < -0.4 is 10.6 Å². The van der Waals surface area contributed by atoms with Crippen molar-refractivity contribution < 1.29 is 17.9 Å². The lowest BCUT2D eigenvalue weighted by Gasteiger charge is -2.19. The quantitative estimate of drug-likeness (QED) is 0.210. The third-order valence-electron chi connectivity index (χ3n) is 4.44. The average molecular weight is 528 g/mol. The zero-order valence-electron chi connectivity index (χ0n) is 16.9. The first-order valence-corrected chi connectivity index (χ1v) is 9.92. The highest BCUT2D eigenvalue weighted by Crippen LogP contribution is 2.19. The third-order valence-corrected chi connectivity index (χ3v) is 4.44. The SMILES string of the molecule is CCNC(=NCCCCOCc1ccccc1)NC1CCN(CC(F)(F)F)C1.I. The molecule has 0 saturated carbocycles. The van der Waals surface area contributed by atoms with Crippen LogP contribution in [0, 0.1) is 0 Å². The van der Waals surface area contributed by atoms with Gasteiger partial charge in [0.15, 0.2) is 5.96 Å². The Labute approximate surface area is 188 Å². The molecule has 1 aromatic carbocycles. The van der Waals surface area contributed by atoms with Crippen LogP contribution in [-0.4, -0.2) is 62.4 Å². The van der Waals surface area contributed by atoms with Gasteiger partial charge < -0.3 is 15.4 Å². The van der Waals surface area contributed by atoms with Gasteiger partial charge in [0, 0.05) is 38.8 Å². The van der Waals surface area contributed by atoms with Gasteiger partial charge in [-0.05, 0) is 31.7 Å². The molecule has 1 heterocycles. The highest BCUT2D eigenvalue weighted by atomic mass is 127. The third kappa shape index (κ3) is 11.6. The van der Waals surface area contributed by atoms with Crippen molar-refractivity contribution in [3.8, 4) is 0 Å². The smallest absolute Gasteiger partial charge is 0.377 e. The van der Waals surface area contributed by atoms with Crippen LogP contribution in [0.5, 0.6) is 0 Å². The fourth-order valence-corrected chi connectivity index (χ4v) is 3.13. The summed E-state index contributed by atoms with van der Waals surface area (Å²) in [6.07, 6.45) is -1.64. The second-order valence-corrected chi connectivity index (χ2v) is 6.99. The van der Waals surface area contributed by atoms with Crippen LogP contribution in [0.3, 0.4) is 0 Å². The van der Waals surface area contributed by atoms with Gasteiger partial charge in [-0.1, -0.05) is 30.3 Å². The monoisotopic (exact) mass is 528 g/mol. The standard InChI is InChI=1S/C20H31F3N4O.HI/c1-2-24-19(26-18-10-12-27(14-18)16-20(21,22)23)25-11-6-7-13-28-15-17-8-4-3-5-9-17;/h3-5,8-9,18H,2,6-7,10-16H2,1H3,(H2,24,25,26);1H. The van der Waals surface area contributed by atoms with Crippen LogP contribution in [0.4, 0.5) is 13.2 Å². The number of alkyl halides is 3. The predicted molar refractivity (Wildman–Crippen MR) is 121 cm³/mol. The van der Waals surface area contributed by atoms with Crippen molar-refractivity contribution in [3.05, 3.63) is 35.9 Å². The van der Waals surface area contributed by atoms with Gasteiger partial charge in [-0.3, -0.25) is 9.89 Å². The maximum Gasteiger partial charge on any atom is 0.401 e. The number of ether oxygens (including phenoxy) is 1. The first-order valence-electron chi connectivity index (χ1n) is 9.92. The molecule has 29 heavy (non-hydrogen) atoms. The molecule has 0 aromatic heterocycles. The Morgan fingerprint density at radius 3 is 2.69 bits per heavy atom. The Morgan fingerprint density at radius 2 is 2.00 bits per heavy atom. The van der Waals surface area contributed by atoms with Crippen LogP contribution in [-0.2, 0) is 11.3 Å². The fourth-order valence-electron chi connectivity index (χ4n) is 3.13. The molecule has 0 amide bonds. The summed E-state index contributed by atoms with van der Waals surface area (Å²) in [6.45, 7) is 4.63.